The summed E-state index contributed by atoms with van der Waals surface area (Å²) in [6, 6.07) is 7.79. The fourth-order valence-corrected chi connectivity index (χ4v) is 2.52. The van der Waals surface area contributed by atoms with Crippen LogP contribution in [0.2, 0.25) is 0 Å². The Morgan fingerprint density at radius 2 is 2.25 bits per heavy atom. The molecule has 2 heterocycles. The molecule has 0 bridgehead atoms. The average Bonchev–Trinajstić information content (AvgIpc) is 2.86. The SMILES string of the molecule is Cc1ccc(C2CCNc3cc(C(N)=O)nn32)cc1N. The van der Waals surface area contributed by atoms with Gasteiger partial charge in [0.1, 0.15) is 5.82 Å². The maximum Gasteiger partial charge on any atom is 0.269 e. The summed E-state index contributed by atoms with van der Waals surface area (Å²) in [6.07, 6.45) is 0.884. The molecular formula is C14H17N5O. The van der Waals surface area contributed by atoms with Crippen LogP contribution in [0.15, 0.2) is 24.3 Å². The molecule has 104 valence electrons. The summed E-state index contributed by atoms with van der Waals surface area (Å²) < 4.78 is 1.81. The van der Waals surface area contributed by atoms with E-state index >= 15 is 0 Å². The van der Waals surface area contributed by atoms with Crippen molar-refractivity contribution < 1.29 is 4.79 Å². The standard InChI is InChI=1S/C14H17N5O/c1-8-2-3-9(6-10(8)15)12-4-5-17-13-7-11(14(16)20)18-19(12)13/h2-3,6-7,12,17H,4-5,15H2,1H3,(H2,16,20). The average molecular weight is 271 g/mol. The van der Waals surface area contributed by atoms with Gasteiger partial charge in [-0.05, 0) is 30.5 Å². The number of benzene rings is 1. The predicted octanol–water partition coefficient (Wildman–Crippen LogP) is 1.28. The van der Waals surface area contributed by atoms with E-state index < -0.39 is 5.91 Å². The van der Waals surface area contributed by atoms with E-state index in [0.717, 1.165) is 35.6 Å². The number of aromatic nitrogens is 2. The summed E-state index contributed by atoms with van der Waals surface area (Å²) in [5.74, 6) is 0.296. The van der Waals surface area contributed by atoms with Crippen LogP contribution in [0.4, 0.5) is 11.5 Å². The van der Waals surface area contributed by atoms with Crippen LogP contribution in [0.1, 0.15) is 34.1 Å². The molecule has 6 heteroatoms. The van der Waals surface area contributed by atoms with Crippen LogP contribution in [-0.4, -0.2) is 22.2 Å². The van der Waals surface area contributed by atoms with E-state index in [1.807, 2.05) is 23.7 Å². The van der Waals surface area contributed by atoms with Gasteiger partial charge in [0.15, 0.2) is 5.69 Å². The minimum Gasteiger partial charge on any atom is -0.399 e. The third-order valence-electron chi connectivity index (χ3n) is 3.70. The molecule has 1 aromatic heterocycles. The molecule has 0 saturated heterocycles. The van der Waals surface area contributed by atoms with Crippen LogP contribution >= 0.6 is 0 Å². The summed E-state index contributed by atoms with van der Waals surface area (Å²) in [5.41, 5.74) is 14.5. The molecular weight excluding hydrogens is 254 g/mol. The first-order valence-electron chi connectivity index (χ1n) is 6.55. The van der Waals surface area contributed by atoms with Crippen LogP contribution in [-0.2, 0) is 0 Å². The van der Waals surface area contributed by atoms with Crippen molar-refractivity contribution in [3.8, 4) is 0 Å². The molecule has 2 aromatic rings. The summed E-state index contributed by atoms with van der Waals surface area (Å²) in [5, 5.41) is 7.52. The van der Waals surface area contributed by atoms with Crippen LogP contribution in [0, 0.1) is 6.92 Å². The second-order valence-corrected chi connectivity index (χ2v) is 5.07. The van der Waals surface area contributed by atoms with Crippen molar-refractivity contribution >= 4 is 17.4 Å². The number of anilines is 2. The zero-order valence-electron chi connectivity index (χ0n) is 11.3. The van der Waals surface area contributed by atoms with Crippen molar-refractivity contribution in [2.24, 2.45) is 5.73 Å². The van der Waals surface area contributed by atoms with Gasteiger partial charge in [-0.2, -0.15) is 5.10 Å². The minimum absolute atomic E-state index is 0.0715. The van der Waals surface area contributed by atoms with Crippen molar-refractivity contribution in [1.82, 2.24) is 9.78 Å². The molecule has 0 radical (unpaired) electrons. The van der Waals surface area contributed by atoms with Crippen LogP contribution in [0.25, 0.3) is 0 Å². The maximum atomic E-state index is 11.3. The van der Waals surface area contributed by atoms with Gasteiger partial charge in [-0.1, -0.05) is 12.1 Å². The van der Waals surface area contributed by atoms with Gasteiger partial charge in [0.2, 0.25) is 0 Å². The minimum atomic E-state index is -0.518. The van der Waals surface area contributed by atoms with Crippen LogP contribution < -0.4 is 16.8 Å². The second kappa shape index (κ2) is 4.56. The molecule has 0 fully saturated rings. The summed E-state index contributed by atoms with van der Waals surface area (Å²) in [4.78, 5) is 11.3. The third kappa shape index (κ3) is 1.99. The summed E-state index contributed by atoms with van der Waals surface area (Å²) in [6.45, 7) is 2.80. The molecule has 1 amide bonds. The van der Waals surface area contributed by atoms with Crippen molar-refractivity contribution in [2.45, 2.75) is 19.4 Å². The second-order valence-electron chi connectivity index (χ2n) is 5.07. The van der Waals surface area contributed by atoms with E-state index in [2.05, 4.69) is 16.5 Å². The van der Waals surface area contributed by atoms with E-state index in [4.69, 9.17) is 11.5 Å². The Morgan fingerprint density at radius 3 is 2.95 bits per heavy atom. The van der Waals surface area contributed by atoms with Crippen LogP contribution in [0.3, 0.4) is 0 Å². The topological polar surface area (TPSA) is 99.0 Å². The lowest BCUT2D eigenvalue weighted by Crippen LogP contribution is -2.24. The van der Waals surface area contributed by atoms with Crippen molar-refractivity contribution in [3.05, 3.63) is 41.1 Å². The number of aryl methyl sites for hydroxylation is 1. The van der Waals surface area contributed by atoms with E-state index in [1.165, 1.54) is 0 Å². The number of carbonyl (C=O) groups excluding carboxylic acids is 1. The number of fused-ring (bicyclic) bond motifs is 1. The Bertz CT molecular complexity index is 676. The molecule has 1 atom stereocenters. The van der Waals surface area contributed by atoms with Gasteiger partial charge in [-0.15, -0.1) is 0 Å². The monoisotopic (exact) mass is 271 g/mol. The van der Waals surface area contributed by atoms with Gasteiger partial charge in [0.05, 0.1) is 6.04 Å². The largest absolute Gasteiger partial charge is 0.399 e. The number of nitrogens with zero attached hydrogens (tertiary/aromatic N) is 2. The number of nitrogen functional groups attached to an aromatic ring is 1. The maximum absolute atomic E-state index is 11.3. The molecule has 6 nitrogen and oxygen atoms in total. The van der Waals surface area contributed by atoms with Gasteiger partial charge in [-0.25, -0.2) is 4.68 Å². The zero-order valence-corrected chi connectivity index (χ0v) is 11.3. The Morgan fingerprint density at radius 1 is 1.45 bits per heavy atom. The predicted molar refractivity (Wildman–Crippen MR) is 77.6 cm³/mol. The normalized spacial score (nSPS) is 17.4. The molecule has 3 rings (SSSR count). The molecule has 0 aliphatic carbocycles. The highest BCUT2D eigenvalue weighted by Gasteiger charge is 2.24. The van der Waals surface area contributed by atoms with Gasteiger partial charge in [0, 0.05) is 18.3 Å². The van der Waals surface area contributed by atoms with Crippen molar-refractivity contribution in [3.63, 3.8) is 0 Å². The Hall–Kier alpha value is -2.50. The fourth-order valence-electron chi connectivity index (χ4n) is 2.52. The summed E-state index contributed by atoms with van der Waals surface area (Å²) >= 11 is 0. The zero-order chi connectivity index (χ0) is 14.3. The lowest BCUT2D eigenvalue weighted by atomic mass is 10.00. The number of rotatable bonds is 2. The number of hydrogen-bond donors (Lipinski definition) is 3. The smallest absolute Gasteiger partial charge is 0.269 e. The molecule has 0 saturated carbocycles. The van der Waals surface area contributed by atoms with E-state index in [1.54, 1.807) is 6.07 Å². The number of hydrogen-bond acceptors (Lipinski definition) is 4. The lowest BCUT2D eigenvalue weighted by molar-refractivity contribution is 0.0994. The van der Waals surface area contributed by atoms with Gasteiger partial charge in [-0.3, -0.25) is 4.79 Å². The molecule has 5 N–H and O–H groups in total. The highest BCUT2D eigenvalue weighted by atomic mass is 16.1. The quantitative estimate of drug-likeness (QED) is 0.716. The van der Waals surface area contributed by atoms with E-state index in [0.29, 0.717) is 0 Å². The molecule has 20 heavy (non-hydrogen) atoms. The lowest BCUT2D eigenvalue weighted by Gasteiger charge is -2.26. The highest BCUT2D eigenvalue weighted by Crippen LogP contribution is 2.31. The van der Waals surface area contributed by atoms with E-state index in [-0.39, 0.29) is 11.7 Å². The first-order valence-corrected chi connectivity index (χ1v) is 6.55. The molecule has 1 unspecified atom stereocenters. The van der Waals surface area contributed by atoms with Crippen molar-refractivity contribution in [2.75, 3.05) is 17.6 Å². The molecule has 1 aromatic carbocycles. The van der Waals surface area contributed by atoms with Gasteiger partial charge in [0.25, 0.3) is 5.91 Å². The number of primary amides is 1. The number of nitrogens with two attached hydrogens (primary N) is 2. The number of carbonyl (C=O) groups is 1. The highest BCUT2D eigenvalue weighted by molar-refractivity contribution is 5.91. The first-order chi connectivity index (χ1) is 9.56. The Balaban J connectivity index is 2.04. The van der Waals surface area contributed by atoms with Gasteiger partial charge >= 0.3 is 0 Å². The summed E-state index contributed by atoms with van der Waals surface area (Å²) in [7, 11) is 0. The first kappa shape index (κ1) is 12.5. The number of nitrogens with one attached hydrogen (secondary N) is 1. The van der Waals surface area contributed by atoms with Crippen LogP contribution in [0.5, 0.6) is 0 Å². The fraction of sp³-hybridized carbons (Fsp3) is 0.286. The van der Waals surface area contributed by atoms with E-state index in [9.17, 15) is 4.79 Å². The van der Waals surface area contributed by atoms with Gasteiger partial charge < -0.3 is 16.8 Å². The molecule has 1 aliphatic heterocycles. The number of amides is 1. The third-order valence-corrected chi connectivity index (χ3v) is 3.70. The molecule has 0 spiro atoms. The molecule has 1 aliphatic rings. The Labute approximate surface area is 116 Å². The van der Waals surface area contributed by atoms with Crippen molar-refractivity contribution in [1.29, 1.82) is 0 Å². The Kier molecular flexibility index (Phi) is 2.85.